The summed E-state index contributed by atoms with van der Waals surface area (Å²) < 4.78 is 6.29. The van der Waals surface area contributed by atoms with E-state index in [2.05, 4.69) is 15.9 Å². The highest BCUT2D eigenvalue weighted by Gasteiger charge is 2.29. The zero-order valence-electron chi connectivity index (χ0n) is 9.64. The van der Waals surface area contributed by atoms with Gasteiger partial charge in [-0.3, -0.25) is 4.90 Å². The molecule has 0 aliphatic carbocycles. The zero-order valence-corrected chi connectivity index (χ0v) is 11.2. The van der Waals surface area contributed by atoms with Crippen molar-refractivity contribution >= 4 is 15.9 Å². The van der Waals surface area contributed by atoms with Crippen molar-refractivity contribution in [2.45, 2.75) is 18.8 Å². The second-order valence-corrected chi connectivity index (χ2v) is 5.20. The highest BCUT2D eigenvalue weighted by Crippen LogP contribution is 2.25. The summed E-state index contributed by atoms with van der Waals surface area (Å²) in [5.41, 5.74) is 1.04. The zero-order chi connectivity index (χ0) is 12.4. The Kier molecular flexibility index (Phi) is 4.04. The smallest absolute Gasteiger partial charge is 0.123 e. The maximum atomic E-state index is 9.50. The molecular weight excluding hydrogens is 286 g/mol. The lowest BCUT2D eigenvalue weighted by atomic mass is 10.2. The summed E-state index contributed by atoms with van der Waals surface area (Å²) in [6.07, 6.45) is -1.29. The van der Waals surface area contributed by atoms with Crippen LogP contribution in [0.1, 0.15) is 5.56 Å². The van der Waals surface area contributed by atoms with Crippen LogP contribution >= 0.6 is 15.9 Å². The number of β-amino-alcohol motifs (C(OH)–C–C–N with tert-alkyl or cyclic N) is 2. The van der Waals surface area contributed by atoms with Gasteiger partial charge >= 0.3 is 0 Å². The summed E-state index contributed by atoms with van der Waals surface area (Å²) in [7, 11) is 1.64. The van der Waals surface area contributed by atoms with Crippen molar-refractivity contribution in [3.05, 3.63) is 28.2 Å². The number of aliphatic hydroxyl groups is 2. The van der Waals surface area contributed by atoms with Gasteiger partial charge in [0, 0.05) is 29.7 Å². The molecule has 0 amide bonds. The quantitative estimate of drug-likeness (QED) is 0.874. The lowest BCUT2D eigenvalue weighted by molar-refractivity contribution is 0.0572. The molecule has 0 bridgehead atoms. The molecule has 2 N–H and O–H groups in total. The summed E-state index contributed by atoms with van der Waals surface area (Å²) in [4.78, 5) is 2.01. The molecule has 1 fully saturated rings. The second-order valence-electron chi connectivity index (χ2n) is 4.28. The van der Waals surface area contributed by atoms with E-state index in [-0.39, 0.29) is 0 Å². The van der Waals surface area contributed by atoms with Crippen LogP contribution in [0, 0.1) is 0 Å². The Morgan fingerprint density at radius 1 is 1.35 bits per heavy atom. The van der Waals surface area contributed by atoms with E-state index in [1.54, 1.807) is 7.11 Å². The molecule has 2 atom stereocenters. The molecule has 1 aliphatic heterocycles. The molecule has 2 rings (SSSR count). The van der Waals surface area contributed by atoms with E-state index in [1.165, 1.54) is 0 Å². The molecule has 5 heteroatoms. The average Bonchev–Trinajstić information content (AvgIpc) is 2.58. The Labute approximate surface area is 109 Å². The predicted molar refractivity (Wildman–Crippen MR) is 68.0 cm³/mol. The summed E-state index contributed by atoms with van der Waals surface area (Å²) >= 11 is 3.43. The van der Waals surface area contributed by atoms with Gasteiger partial charge in [-0.2, -0.15) is 0 Å². The Morgan fingerprint density at radius 2 is 2.00 bits per heavy atom. The molecule has 1 heterocycles. The fourth-order valence-electron chi connectivity index (χ4n) is 2.09. The van der Waals surface area contributed by atoms with Crippen molar-refractivity contribution in [2.75, 3.05) is 20.2 Å². The number of ether oxygens (including phenoxy) is 1. The van der Waals surface area contributed by atoms with Gasteiger partial charge in [0.2, 0.25) is 0 Å². The van der Waals surface area contributed by atoms with Gasteiger partial charge in [0.1, 0.15) is 5.75 Å². The number of likely N-dealkylation sites (tertiary alicyclic amines) is 1. The molecule has 0 aromatic heterocycles. The van der Waals surface area contributed by atoms with Crippen molar-refractivity contribution in [3.63, 3.8) is 0 Å². The van der Waals surface area contributed by atoms with Crippen LogP contribution in [-0.2, 0) is 6.54 Å². The van der Waals surface area contributed by atoms with Crippen LogP contribution < -0.4 is 4.74 Å². The van der Waals surface area contributed by atoms with E-state index in [0.717, 1.165) is 15.8 Å². The Morgan fingerprint density at radius 3 is 2.59 bits per heavy atom. The molecule has 0 radical (unpaired) electrons. The lowest BCUT2D eigenvalue weighted by Gasteiger charge is -2.17. The number of rotatable bonds is 3. The first kappa shape index (κ1) is 12.8. The van der Waals surface area contributed by atoms with Crippen LogP contribution in [0.25, 0.3) is 0 Å². The molecule has 4 nitrogen and oxygen atoms in total. The first-order chi connectivity index (χ1) is 8.10. The topological polar surface area (TPSA) is 52.9 Å². The number of nitrogens with zero attached hydrogens (tertiary/aromatic N) is 1. The van der Waals surface area contributed by atoms with Crippen molar-refractivity contribution in [1.82, 2.24) is 4.90 Å². The highest BCUT2D eigenvalue weighted by molar-refractivity contribution is 9.10. The molecule has 0 spiro atoms. The van der Waals surface area contributed by atoms with E-state index in [9.17, 15) is 10.2 Å². The maximum Gasteiger partial charge on any atom is 0.123 e. The molecular formula is C12H16BrNO3. The van der Waals surface area contributed by atoms with E-state index in [4.69, 9.17) is 4.74 Å². The highest BCUT2D eigenvalue weighted by atomic mass is 79.9. The van der Waals surface area contributed by atoms with Crippen molar-refractivity contribution in [1.29, 1.82) is 0 Å². The molecule has 1 aliphatic rings. The standard InChI is InChI=1S/C12H16BrNO3/c1-17-12-3-2-9(13)4-8(12)5-14-6-10(15)11(16)7-14/h2-4,10-11,15-16H,5-7H2,1H3. The van der Waals surface area contributed by atoms with E-state index < -0.39 is 12.2 Å². The van der Waals surface area contributed by atoms with Gasteiger partial charge in [-0.15, -0.1) is 0 Å². The largest absolute Gasteiger partial charge is 0.496 e. The molecule has 1 aromatic rings. The Bertz CT molecular complexity index is 389. The molecule has 0 saturated carbocycles. The normalized spacial score (nSPS) is 25.2. The Balaban J connectivity index is 2.10. The van der Waals surface area contributed by atoms with Gasteiger partial charge in [0.05, 0.1) is 19.3 Å². The summed E-state index contributed by atoms with van der Waals surface area (Å²) in [5, 5.41) is 19.0. The molecule has 94 valence electrons. The minimum atomic E-state index is -0.645. The number of hydrogen-bond acceptors (Lipinski definition) is 4. The van der Waals surface area contributed by atoms with Crippen molar-refractivity contribution < 1.29 is 14.9 Å². The molecule has 2 unspecified atom stereocenters. The number of aliphatic hydroxyl groups excluding tert-OH is 2. The molecule has 1 aromatic carbocycles. The van der Waals surface area contributed by atoms with Gasteiger partial charge in [0.25, 0.3) is 0 Å². The Hall–Kier alpha value is -0.620. The van der Waals surface area contributed by atoms with Gasteiger partial charge in [-0.25, -0.2) is 0 Å². The second kappa shape index (κ2) is 5.35. The monoisotopic (exact) mass is 301 g/mol. The first-order valence-corrected chi connectivity index (χ1v) is 6.30. The van der Waals surface area contributed by atoms with Crippen LogP contribution in [0.5, 0.6) is 5.75 Å². The number of halogens is 1. The van der Waals surface area contributed by atoms with Crippen LogP contribution in [0.2, 0.25) is 0 Å². The minimum absolute atomic E-state index is 0.497. The summed E-state index contributed by atoms with van der Waals surface area (Å²) in [6.45, 7) is 1.66. The number of hydrogen-bond donors (Lipinski definition) is 2. The minimum Gasteiger partial charge on any atom is -0.496 e. The SMILES string of the molecule is COc1ccc(Br)cc1CN1CC(O)C(O)C1. The fourth-order valence-corrected chi connectivity index (χ4v) is 2.50. The van der Waals surface area contributed by atoms with Gasteiger partial charge in [-0.1, -0.05) is 15.9 Å². The maximum absolute atomic E-state index is 9.50. The van der Waals surface area contributed by atoms with Gasteiger partial charge < -0.3 is 14.9 Å². The first-order valence-electron chi connectivity index (χ1n) is 5.51. The van der Waals surface area contributed by atoms with Crippen molar-refractivity contribution in [2.24, 2.45) is 0 Å². The third-order valence-electron chi connectivity index (χ3n) is 2.97. The summed E-state index contributed by atoms with van der Waals surface area (Å²) in [5.74, 6) is 0.823. The van der Waals surface area contributed by atoms with E-state index >= 15 is 0 Å². The van der Waals surface area contributed by atoms with Crippen LogP contribution in [0.4, 0.5) is 0 Å². The summed E-state index contributed by atoms with van der Waals surface area (Å²) in [6, 6.07) is 5.83. The van der Waals surface area contributed by atoms with E-state index in [1.807, 2.05) is 23.1 Å². The van der Waals surface area contributed by atoms with Crippen molar-refractivity contribution in [3.8, 4) is 5.75 Å². The fraction of sp³-hybridized carbons (Fsp3) is 0.500. The third kappa shape index (κ3) is 2.98. The molecule has 1 saturated heterocycles. The number of methoxy groups -OCH3 is 1. The third-order valence-corrected chi connectivity index (χ3v) is 3.46. The average molecular weight is 302 g/mol. The van der Waals surface area contributed by atoms with Crippen LogP contribution in [-0.4, -0.2) is 47.5 Å². The predicted octanol–water partition coefficient (Wildman–Crippen LogP) is 0.995. The van der Waals surface area contributed by atoms with Gasteiger partial charge in [-0.05, 0) is 18.2 Å². The van der Waals surface area contributed by atoms with Gasteiger partial charge in [0.15, 0.2) is 0 Å². The lowest BCUT2D eigenvalue weighted by Crippen LogP contribution is -2.22. The molecule has 17 heavy (non-hydrogen) atoms. The van der Waals surface area contributed by atoms with Crippen LogP contribution in [0.3, 0.4) is 0 Å². The number of benzene rings is 1. The van der Waals surface area contributed by atoms with E-state index in [0.29, 0.717) is 19.6 Å². The van der Waals surface area contributed by atoms with Crippen LogP contribution in [0.15, 0.2) is 22.7 Å².